The van der Waals surface area contributed by atoms with Crippen LogP contribution in [0.5, 0.6) is 0 Å². The number of carbonyl (C=O) groups is 1. The van der Waals surface area contributed by atoms with Crippen LogP contribution >= 0.6 is 0 Å². The molecule has 0 radical (unpaired) electrons. The third-order valence-electron chi connectivity index (χ3n) is 4.74. The molecular formula is C23H18F3N3O2. The Morgan fingerprint density at radius 2 is 1.81 bits per heavy atom. The molecule has 2 heterocycles. The number of hydrogen-bond donors (Lipinski definition) is 2. The molecule has 8 heteroatoms. The lowest BCUT2D eigenvalue weighted by Gasteiger charge is -2.07. The maximum absolute atomic E-state index is 12.9. The zero-order valence-corrected chi connectivity index (χ0v) is 16.5. The van der Waals surface area contributed by atoms with Crippen molar-refractivity contribution >= 4 is 5.91 Å². The second-order valence-corrected chi connectivity index (χ2v) is 7.02. The van der Waals surface area contributed by atoms with E-state index in [0.717, 1.165) is 23.5 Å². The van der Waals surface area contributed by atoms with E-state index in [4.69, 9.17) is 4.42 Å². The molecule has 0 atom stereocenters. The van der Waals surface area contributed by atoms with Gasteiger partial charge in [-0.3, -0.25) is 9.89 Å². The Labute approximate surface area is 175 Å². The van der Waals surface area contributed by atoms with Crippen molar-refractivity contribution in [1.82, 2.24) is 15.5 Å². The van der Waals surface area contributed by atoms with Crippen LogP contribution in [0.3, 0.4) is 0 Å². The SMILES string of the molecule is Cc1ccc(CNC(=O)c2ccc(-c3cc(-c4cccc(C(F)(F)F)c4)n[nH]3)cc2)o1. The van der Waals surface area contributed by atoms with E-state index >= 15 is 0 Å². The van der Waals surface area contributed by atoms with Crippen LogP contribution in [0.2, 0.25) is 0 Å². The number of H-pyrrole nitrogens is 1. The minimum atomic E-state index is -4.42. The largest absolute Gasteiger partial charge is 0.465 e. The first-order chi connectivity index (χ1) is 14.8. The number of aromatic nitrogens is 2. The fraction of sp³-hybridized carbons (Fsp3) is 0.130. The predicted octanol–water partition coefficient (Wildman–Crippen LogP) is 5.59. The molecule has 4 aromatic rings. The maximum atomic E-state index is 12.9. The number of aromatic amines is 1. The van der Waals surface area contributed by atoms with Crippen LogP contribution in [0.25, 0.3) is 22.5 Å². The van der Waals surface area contributed by atoms with Gasteiger partial charge in [-0.15, -0.1) is 0 Å². The Bertz CT molecular complexity index is 1210. The molecule has 2 N–H and O–H groups in total. The van der Waals surface area contributed by atoms with Crippen molar-refractivity contribution in [3.63, 3.8) is 0 Å². The van der Waals surface area contributed by atoms with Crippen LogP contribution in [0, 0.1) is 6.92 Å². The van der Waals surface area contributed by atoms with Crippen LogP contribution in [0.15, 0.2) is 71.1 Å². The van der Waals surface area contributed by atoms with Gasteiger partial charge in [0.15, 0.2) is 0 Å². The first-order valence-electron chi connectivity index (χ1n) is 9.46. The highest BCUT2D eigenvalue weighted by atomic mass is 19.4. The number of aryl methyl sites for hydroxylation is 1. The summed E-state index contributed by atoms with van der Waals surface area (Å²) in [5, 5.41) is 9.74. The fourth-order valence-electron chi connectivity index (χ4n) is 3.12. The molecule has 0 bridgehead atoms. The average molecular weight is 425 g/mol. The Morgan fingerprint density at radius 3 is 2.48 bits per heavy atom. The summed E-state index contributed by atoms with van der Waals surface area (Å²) in [5.74, 6) is 1.20. The van der Waals surface area contributed by atoms with Gasteiger partial charge < -0.3 is 9.73 Å². The minimum Gasteiger partial charge on any atom is -0.465 e. The van der Waals surface area contributed by atoms with E-state index < -0.39 is 11.7 Å². The van der Waals surface area contributed by atoms with Crippen LogP contribution in [0.4, 0.5) is 13.2 Å². The van der Waals surface area contributed by atoms with Crippen LogP contribution in [-0.4, -0.2) is 16.1 Å². The van der Waals surface area contributed by atoms with E-state index in [1.807, 2.05) is 13.0 Å². The highest BCUT2D eigenvalue weighted by Gasteiger charge is 2.30. The van der Waals surface area contributed by atoms with Crippen LogP contribution < -0.4 is 5.32 Å². The molecule has 0 aliphatic carbocycles. The molecule has 0 saturated heterocycles. The number of amides is 1. The van der Waals surface area contributed by atoms with E-state index in [-0.39, 0.29) is 12.5 Å². The average Bonchev–Trinajstić information content (AvgIpc) is 3.41. The highest BCUT2D eigenvalue weighted by Crippen LogP contribution is 2.32. The van der Waals surface area contributed by atoms with Crippen molar-refractivity contribution in [3.05, 3.63) is 89.4 Å². The molecule has 158 valence electrons. The molecule has 0 aliphatic heterocycles. The molecule has 0 unspecified atom stereocenters. The number of alkyl halides is 3. The number of carbonyl (C=O) groups excluding carboxylic acids is 1. The third kappa shape index (κ3) is 4.69. The van der Waals surface area contributed by atoms with Gasteiger partial charge in [0.05, 0.1) is 23.5 Å². The van der Waals surface area contributed by atoms with Gasteiger partial charge in [0, 0.05) is 11.1 Å². The lowest BCUT2D eigenvalue weighted by molar-refractivity contribution is -0.137. The van der Waals surface area contributed by atoms with Crippen LogP contribution in [0.1, 0.15) is 27.4 Å². The molecule has 2 aromatic carbocycles. The zero-order chi connectivity index (χ0) is 22.0. The Kier molecular flexibility index (Phi) is 5.37. The lowest BCUT2D eigenvalue weighted by Crippen LogP contribution is -2.22. The zero-order valence-electron chi connectivity index (χ0n) is 16.5. The summed E-state index contributed by atoms with van der Waals surface area (Å²) in [6.07, 6.45) is -4.42. The summed E-state index contributed by atoms with van der Waals surface area (Å²) in [7, 11) is 0. The Hall–Kier alpha value is -3.81. The summed E-state index contributed by atoms with van der Waals surface area (Å²) >= 11 is 0. The molecule has 0 fully saturated rings. The van der Waals surface area contributed by atoms with E-state index in [1.165, 1.54) is 6.07 Å². The van der Waals surface area contributed by atoms with Crippen LogP contribution in [-0.2, 0) is 12.7 Å². The summed E-state index contributed by atoms with van der Waals surface area (Å²) < 4.78 is 44.3. The first kappa shape index (κ1) is 20.5. The highest BCUT2D eigenvalue weighted by molar-refractivity contribution is 5.94. The molecule has 0 saturated carbocycles. The van der Waals surface area contributed by atoms with Crippen molar-refractivity contribution in [2.24, 2.45) is 0 Å². The first-order valence-corrected chi connectivity index (χ1v) is 9.46. The summed E-state index contributed by atoms with van der Waals surface area (Å²) in [4.78, 5) is 12.3. The van der Waals surface area contributed by atoms with Gasteiger partial charge >= 0.3 is 6.18 Å². The summed E-state index contributed by atoms with van der Waals surface area (Å²) in [6, 6.07) is 17.1. The number of hydrogen-bond acceptors (Lipinski definition) is 3. The van der Waals surface area contributed by atoms with E-state index in [9.17, 15) is 18.0 Å². The normalized spacial score (nSPS) is 11.5. The van der Waals surface area contributed by atoms with Crippen molar-refractivity contribution in [2.75, 3.05) is 0 Å². The van der Waals surface area contributed by atoms with Gasteiger partial charge in [0.2, 0.25) is 0 Å². The number of benzene rings is 2. The second kappa shape index (κ2) is 8.14. The molecule has 1 amide bonds. The van der Waals surface area contributed by atoms with Gasteiger partial charge in [0.1, 0.15) is 11.5 Å². The van der Waals surface area contributed by atoms with Gasteiger partial charge in [-0.25, -0.2) is 0 Å². The monoisotopic (exact) mass is 425 g/mol. The molecule has 5 nitrogen and oxygen atoms in total. The number of furan rings is 1. The molecule has 0 aliphatic rings. The van der Waals surface area contributed by atoms with E-state index in [0.29, 0.717) is 28.3 Å². The van der Waals surface area contributed by atoms with Crippen molar-refractivity contribution in [3.8, 4) is 22.5 Å². The fourth-order valence-corrected chi connectivity index (χ4v) is 3.12. The van der Waals surface area contributed by atoms with Crippen molar-refractivity contribution in [1.29, 1.82) is 0 Å². The van der Waals surface area contributed by atoms with E-state index in [1.54, 1.807) is 42.5 Å². The van der Waals surface area contributed by atoms with E-state index in [2.05, 4.69) is 15.5 Å². The molecule has 0 spiro atoms. The number of rotatable bonds is 5. The molecule has 4 rings (SSSR count). The number of nitrogens with one attached hydrogen (secondary N) is 2. The number of halogens is 3. The topological polar surface area (TPSA) is 70.9 Å². The number of nitrogens with zero attached hydrogens (tertiary/aromatic N) is 1. The summed E-state index contributed by atoms with van der Waals surface area (Å²) in [5.41, 5.74) is 1.90. The van der Waals surface area contributed by atoms with Gasteiger partial charge in [0.25, 0.3) is 5.91 Å². The lowest BCUT2D eigenvalue weighted by atomic mass is 10.1. The minimum absolute atomic E-state index is 0.241. The second-order valence-electron chi connectivity index (χ2n) is 7.02. The van der Waals surface area contributed by atoms with Crippen molar-refractivity contribution < 1.29 is 22.4 Å². The van der Waals surface area contributed by atoms with Gasteiger partial charge in [-0.2, -0.15) is 18.3 Å². The summed E-state index contributed by atoms with van der Waals surface area (Å²) in [6.45, 7) is 2.12. The molecule has 31 heavy (non-hydrogen) atoms. The third-order valence-corrected chi connectivity index (χ3v) is 4.74. The quantitative estimate of drug-likeness (QED) is 0.438. The van der Waals surface area contributed by atoms with Crippen molar-refractivity contribution in [2.45, 2.75) is 19.6 Å². The smallest absolute Gasteiger partial charge is 0.416 e. The molecular weight excluding hydrogens is 407 g/mol. The standard InChI is InChI=1S/C23H18F3N3O2/c1-14-5-10-19(31-14)13-27-22(30)16-8-6-15(7-9-16)20-12-21(29-28-20)17-3-2-4-18(11-17)23(24,25)26/h2-12H,13H2,1H3,(H,27,30)(H,28,29). The van der Waals surface area contributed by atoms with Gasteiger partial charge in [-0.05, 0) is 55.0 Å². The van der Waals surface area contributed by atoms with Gasteiger partial charge in [-0.1, -0.05) is 24.3 Å². The Balaban J connectivity index is 1.46. The molecule has 2 aromatic heterocycles. The Morgan fingerprint density at radius 1 is 1.03 bits per heavy atom. The predicted molar refractivity (Wildman–Crippen MR) is 109 cm³/mol. The maximum Gasteiger partial charge on any atom is 0.416 e.